The van der Waals surface area contributed by atoms with Crippen molar-refractivity contribution in [2.24, 2.45) is 5.92 Å². The third-order valence-electron chi connectivity index (χ3n) is 3.73. The minimum absolute atomic E-state index is 0.298. The van der Waals surface area contributed by atoms with Crippen LogP contribution in [0.2, 0.25) is 5.02 Å². The van der Waals surface area contributed by atoms with Crippen molar-refractivity contribution >= 4 is 23.4 Å². The summed E-state index contributed by atoms with van der Waals surface area (Å²) in [6.07, 6.45) is 7.77. The molecule has 0 aliphatic heterocycles. The molecule has 2 N–H and O–H groups in total. The molecular formula is C14H23ClN4. The summed E-state index contributed by atoms with van der Waals surface area (Å²) in [6.45, 7) is 5.46. The molecule has 0 amide bonds. The first-order valence-corrected chi connectivity index (χ1v) is 7.50. The van der Waals surface area contributed by atoms with E-state index in [1.165, 1.54) is 25.7 Å². The standard InChI is InChI=1S/C14H23ClN4/c1-10(2)7-8-19(11-5-3-4-6-11)13-12(15)9-17-14(16)18-13/h9-11H,3-8H2,1-2H3,(H2,16,17,18). The molecule has 0 bridgehead atoms. The second-order valence-electron chi connectivity index (χ2n) is 5.71. The van der Waals surface area contributed by atoms with Crippen molar-refractivity contribution in [3.8, 4) is 0 Å². The number of rotatable bonds is 5. The number of aromatic nitrogens is 2. The van der Waals surface area contributed by atoms with E-state index < -0.39 is 0 Å². The van der Waals surface area contributed by atoms with Crippen LogP contribution in [0.15, 0.2) is 6.20 Å². The van der Waals surface area contributed by atoms with Crippen LogP contribution in [0.25, 0.3) is 0 Å². The van der Waals surface area contributed by atoms with E-state index in [4.69, 9.17) is 17.3 Å². The number of nitrogen functional groups attached to an aromatic ring is 1. The monoisotopic (exact) mass is 282 g/mol. The Balaban J connectivity index is 2.21. The van der Waals surface area contributed by atoms with Gasteiger partial charge in [-0.1, -0.05) is 38.3 Å². The van der Waals surface area contributed by atoms with Crippen LogP contribution in [-0.4, -0.2) is 22.6 Å². The van der Waals surface area contributed by atoms with Gasteiger partial charge in [-0.2, -0.15) is 4.98 Å². The summed E-state index contributed by atoms with van der Waals surface area (Å²) < 4.78 is 0. The topological polar surface area (TPSA) is 55.0 Å². The van der Waals surface area contributed by atoms with Crippen LogP contribution >= 0.6 is 11.6 Å². The Bertz CT molecular complexity index is 416. The van der Waals surface area contributed by atoms with Gasteiger partial charge >= 0.3 is 0 Å². The average Bonchev–Trinajstić information content (AvgIpc) is 2.87. The number of halogens is 1. The molecule has 2 rings (SSSR count). The molecule has 106 valence electrons. The fourth-order valence-electron chi connectivity index (χ4n) is 2.65. The van der Waals surface area contributed by atoms with Gasteiger partial charge in [-0.15, -0.1) is 0 Å². The Hall–Kier alpha value is -1.03. The molecule has 19 heavy (non-hydrogen) atoms. The van der Waals surface area contributed by atoms with Crippen LogP contribution in [0.4, 0.5) is 11.8 Å². The third-order valence-corrected chi connectivity index (χ3v) is 4.00. The Morgan fingerprint density at radius 2 is 2.11 bits per heavy atom. The molecule has 0 saturated heterocycles. The normalized spacial score (nSPS) is 16.2. The fraction of sp³-hybridized carbons (Fsp3) is 0.714. The molecule has 1 aromatic rings. The van der Waals surface area contributed by atoms with Gasteiger partial charge in [0.1, 0.15) is 5.02 Å². The minimum atomic E-state index is 0.298. The Morgan fingerprint density at radius 1 is 1.42 bits per heavy atom. The van der Waals surface area contributed by atoms with Crippen molar-refractivity contribution < 1.29 is 0 Å². The van der Waals surface area contributed by atoms with E-state index in [1.54, 1.807) is 6.20 Å². The van der Waals surface area contributed by atoms with Crippen molar-refractivity contribution in [2.75, 3.05) is 17.2 Å². The summed E-state index contributed by atoms with van der Waals surface area (Å²) in [5, 5.41) is 0.602. The highest BCUT2D eigenvalue weighted by Gasteiger charge is 2.25. The molecule has 1 heterocycles. The van der Waals surface area contributed by atoms with Crippen LogP contribution in [0.3, 0.4) is 0 Å². The number of hydrogen-bond donors (Lipinski definition) is 1. The Labute approximate surface area is 120 Å². The summed E-state index contributed by atoms with van der Waals surface area (Å²) in [5.41, 5.74) is 5.71. The highest BCUT2D eigenvalue weighted by molar-refractivity contribution is 6.32. The summed E-state index contributed by atoms with van der Waals surface area (Å²) in [7, 11) is 0. The molecule has 0 unspecified atom stereocenters. The number of nitrogens with zero attached hydrogens (tertiary/aromatic N) is 3. The van der Waals surface area contributed by atoms with Crippen molar-refractivity contribution in [3.63, 3.8) is 0 Å². The van der Waals surface area contributed by atoms with Gasteiger partial charge in [0.25, 0.3) is 0 Å². The molecule has 0 radical (unpaired) electrons. The zero-order chi connectivity index (χ0) is 13.8. The average molecular weight is 283 g/mol. The molecule has 0 aromatic carbocycles. The molecule has 1 aliphatic carbocycles. The summed E-state index contributed by atoms with van der Waals surface area (Å²) in [6, 6.07) is 0.547. The first-order valence-electron chi connectivity index (χ1n) is 7.12. The molecule has 0 atom stereocenters. The van der Waals surface area contributed by atoms with Gasteiger partial charge in [0.05, 0.1) is 6.20 Å². The van der Waals surface area contributed by atoms with Gasteiger partial charge in [-0.05, 0) is 25.2 Å². The van der Waals surface area contributed by atoms with Crippen LogP contribution in [-0.2, 0) is 0 Å². The predicted octanol–water partition coefficient (Wildman–Crippen LogP) is 3.51. The molecule has 1 aliphatic rings. The van der Waals surface area contributed by atoms with E-state index in [0.717, 1.165) is 18.8 Å². The van der Waals surface area contributed by atoms with Crippen molar-refractivity contribution in [2.45, 2.75) is 52.0 Å². The number of anilines is 2. The molecular weight excluding hydrogens is 260 g/mol. The Kier molecular flexibility index (Phi) is 4.86. The van der Waals surface area contributed by atoms with E-state index in [2.05, 4.69) is 28.7 Å². The quantitative estimate of drug-likeness (QED) is 0.898. The van der Waals surface area contributed by atoms with E-state index in [9.17, 15) is 0 Å². The number of hydrogen-bond acceptors (Lipinski definition) is 4. The second kappa shape index (κ2) is 6.42. The van der Waals surface area contributed by atoms with E-state index in [-0.39, 0.29) is 0 Å². The Morgan fingerprint density at radius 3 is 2.74 bits per heavy atom. The van der Waals surface area contributed by atoms with Crippen LogP contribution in [0.1, 0.15) is 46.0 Å². The first-order chi connectivity index (χ1) is 9.08. The van der Waals surface area contributed by atoms with Gasteiger partial charge in [0.2, 0.25) is 5.95 Å². The largest absolute Gasteiger partial charge is 0.368 e. The van der Waals surface area contributed by atoms with Crippen LogP contribution in [0.5, 0.6) is 0 Å². The fourth-order valence-corrected chi connectivity index (χ4v) is 2.85. The van der Waals surface area contributed by atoms with E-state index in [0.29, 0.717) is 22.9 Å². The van der Waals surface area contributed by atoms with Crippen LogP contribution in [0, 0.1) is 5.92 Å². The van der Waals surface area contributed by atoms with Crippen LogP contribution < -0.4 is 10.6 Å². The maximum atomic E-state index is 6.26. The van der Waals surface area contributed by atoms with Crippen molar-refractivity contribution in [3.05, 3.63) is 11.2 Å². The second-order valence-corrected chi connectivity index (χ2v) is 6.12. The summed E-state index contributed by atoms with van der Waals surface area (Å²) >= 11 is 6.26. The lowest BCUT2D eigenvalue weighted by Crippen LogP contribution is -2.35. The van der Waals surface area contributed by atoms with Gasteiger partial charge in [-0.25, -0.2) is 4.98 Å². The van der Waals surface area contributed by atoms with E-state index in [1.807, 2.05) is 0 Å². The maximum absolute atomic E-state index is 6.26. The lowest BCUT2D eigenvalue weighted by Gasteiger charge is -2.31. The van der Waals surface area contributed by atoms with E-state index >= 15 is 0 Å². The number of nitrogens with two attached hydrogens (primary N) is 1. The zero-order valence-electron chi connectivity index (χ0n) is 11.8. The first kappa shape index (κ1) is 14.4. The summed E-state index contributed by atoms with van der Waals surface area (Å²) in [4.78, 5) is 10.6. The molecule has 0 spiro atoms. The highest BCUT2D eigenvalue weighted by atomic mass is 35.5. The van der Waals surface area contributed by atoms with Gasteiger partial charge in [-0.3, -0.25) is 0 Å². The van der Waals surface area contributed by atoms with Gasteiger partial charge < -0.3 is 10.6 Å². The zero-order valence-corrected chi connectivity index (χ0v) is 12.5. The lowest BCUT2D eigenvalue weighted by molar-refractivity contribution is 0.525. The molecule has 4 nitrogen and oxygen atoms in total. The maximum Gasteiger partial charge on any atom is 0.222 e. The molecule has 1 aromatic heterocycles. The lowest BCUT2D eigenvalue weighted by atomic mass is 10.1. The minimum Gasteiger partial charge on any atom is -0.368 e. The molecule has 1 saturated carbocycles. The molecule has 1 fully saturated rings. The smallest absolute Gasteiger partial charge is 0.222 e. The van der Waals surface area contributed by atoms with Gasteiger partial charge in [0.15, 0.2) is 5.82 Å². The van der Waals surface area contributed by atoms with Gasteiger partial charge in [0, 0.05) is 12.6 Å². The van der Waals surface area contributed by atoms with Crippen molar-refractivity contribution in [1.82, 2.24) is 9.97 Å². The SMILES string of the molecule is CC(C)CCN(c1nc(N)ncc1Cl)C1CCCC1. The third kappa shape index (κ3) is 3.72. The molecule has 5 heteroatoms. The highest BCUT2D eigenvalue weighted by Crippen LogP contribution is 2.31. The summed E-state index contributed by atoms with van der Waals surface area (Å²) in [5.74, 6) is 1.77. The van der Waals surface area contributed by atoms with Crippen molar-refractivity contribution in [1.29, 1.82) is 0 Å². The predicted molar refractivity (Wildman–Crippen MR) is 80.5 cm³/mol.